The molecule has 0 aliphatic heterocycles. The molecule has 18 heavy (non-hydrogen) atoms. The Morgan fingerprint density at radius 3 is 2.17 bits per heavy atom. The molecule has 0 unspecified atom stereocenters. The molecule has 0 spiro atoms. The van der Waals surface area contributed by atoms with E-state index >= 15 is 0 Å². The smallest absolute Gasteiger partial charge is 0.150 e. The molecule has 0 saturated heterocycles. The van der Waals surface area contributed by atoms with Crippen LogP contribution in [0.3, 0.4) is 0 Å². The average Bonchev–Trinajstić information content (AvgIpc) is 2.46. The van der Waals surface area contributed by atoms with Crippen LogP contribution in [0.1, 0.15) is 21.5 Å². The van der Waals surface area contributed by atoms with Crippen molar-refractivity contribution in [3.63, 3.8) is 0 Å². The van der Waals surface area contributed by atoms with Gasteiger partial charge in [0, 0.05) is 5.56 Å². The molecule has 2 aromatic rings. The molecule has 0 aliphatic rings. The highest BCUT2D eigenvalue weighted by molar-refractivity contribution is 5.95. The van der Waals surface area contributed by atoms with Gasteiger partial charge in [0.05, 0.1) is 0 Å². The second kappa shape index (κ2) is 5.73. The molecular formula is C16H12O2. The van der Waals surface area contributed by atoms with Crippen molar-refractivity contribution in [2.45, 2.75) is 0 Å². The lowest BCUT2D eigenvalue weighted by Gasteiger charge is -2.09. The van der Waals surface area contributed by atoms with Crippen molar-refractivity contribution in [1.82, 2.24) is 0 Å². The van der Waals surface area contributed by atoms with Crippen molar-refractivity contribution < 1.29 is 9.59 Å². The Bertz CT molecular complexity index is 583. The van der Waals surface area contributed by atoms with Gasteiger partial charge in [-0.05, 0) is 22.8 Å². The molecule has 2 rings (SSSR count). The molecule has 0 amide bonds. The predicted molar refractivity (Wildman–Crippen MR) is 71.4 cm³/mol. The van der Waals surface area contributed by atoms with E-state index in [0.717, 1.165) is 29.3 Å². The molecule has 0 fully saturated rings. The summed E-state index contributed by atoms with van der Waals surface area (Å²) in [7, 11) is 0. The first-order valence-electron chi connectivity index (χ1n) is 5.62. The van der Waals surface area contributed by atoms with Crippen molar-refractivity contribution in [2.24, 2.45) is 0 Å². The van der Waals surface area contributed by atoms with Gasteiger partial charge in [-0.2, -0.15) is 0 Å². The summed E-state index contributed by atoms with van der Waals surface area (Å²) < 4.78 is 0. The molecule has 0 bridgehead atoms. The summed E-state index contributed by atoms with van der Waals surface area (Å²) >= 11 is 0. The number of allylic oxidation sites excluding steroid dienone is 1. The molecule has 2 aromatic carbocycles. The third kappa shape index (κ3) is 2.43. The van der Waals surface area contributed by atoms with Crippen molar-refractivity contribution in [3.05, 3.63) is 77.4 Å². The summed E-state index contributed by atoms with van der Waals surface area (Å²) in [6, 6.07) is 16.8. The number of hydrogen-bond acceptors (Lipinski definition) is 2. The normalized spacial score (nSPS) is 11.0. The fourth-order valence-corrected chi connectivity index (χ4v) is 1.87. The minimum atomic E-state index is 0.578. The number of hydrogen-bond donors (Lipinski definition) is 0. The van der Waals surface area contributed by atoms with Crippen LogP contribution in [0.15, 0.2) is 60.7 Å². The maximum atomic E-state index is 11.1. The van der Waals surface area contributed by atoms with E-state index in [1.165, 1.54) is 6.08 Å². The van der Waals surface area contributed by atoms with E-state index in [4.69, 9.17) is 0 Å². The molecule has 2 nitrogen and oxygen atoms in total. The van der Waals surface area contributed by atoms with E-state index in [2.05, 4.69) is 0 Å². The molecule has 2 heteroatoms. The Labute approximate surface area is 106 Å². The Hall–Kier alpha value is -2.48. The molecule has 0 aliphatic carbocycles. The monoisotopic (exact) mass is 236 g/mol. The van der Waals surface area contributed by atoms with E-state index in [1.54, 1.807) is 12.1 Å². The first kappa shape index (κ1) is 12.0. The van der Waals surface area contributed by atoms with Crippen molar-refractivity contribution >= 4 is 18.1 Å². The standard InChI is InChI=1S/C16H12O2/c17-11-10-16(13-6-2-1-3-7-13)15-9-5-4-8-14(15)12-18/h1-12H/b16-10-. The summed E-state index contributed by atoms with van der Waals surface area (Å²) in [4.78, 5) is 21.8. The summed E-state index contributed by atoms with van der Waals surface area (Å²) in [5.74, 6) is 0. The van der Waals surface area contributed by atoms with E-state index < -0.39 is 0 Å². The first-order valence-corrected chi connectivity index (χ1v) is 5.62. The minimum Gasteiger partial charge on any atom is -0.299 e. The molecule has 0 heterocycles. The SMILES string of the molecule is O=C/C=C(/c1ccccc1)c1ccccc1C=O. The second-order valence-corrected chi connectivity index (χ2v) is 3.79. The van der Waals surface area contributed by atoms with Gasteiger partial charge in [-0.25, -0.2) is 0 Å². The van der Waals surface area contributed by atoms with Gasteiger partial charge in [-0.1, -0.05) is 54.6 Å². The summed E-state index contributed by atoms with van der Waals surface area (Å²) in [6.07, 6.45) is 3.03. The van der Waals surface area contributed by atoms with Crippen LogP contribution in [0.25, 0.3) is 5.57 Å². The first-order chi connectivity index (χ1) is 8.86. The van der Waals surface area contributed by atoms with Crippen molar-refractivity contribution in [3.8, 4) is 0 Å². The third-order valence-electron chi connectivity index (χ3n) is 2.70. The van der Waals surface area contributed by atoms with E-state index in [0.29, 0.717) is 5.56 Å². The third-order valence-corrected chi connectivity index (χ3v) is 2.70. The molecular weight excluding hydrogens is 224 g/mol. The highest BCUT2D eigenvalue weighted by Gasteiger charge is 2.08. The van der Waals surface area contributed by atoms with Gasteiger partial charge >= 0.3 is 0 Å². The summed E-state index contributed by atoms with van der Waals surface area (Å²) in [6.45, 7) is 0. The van der Waals surface area contributed by atoms with Crippen molar-refractivity contribution in [1.29, 1.82) is 0 Å². The van der Waals surface area contributed by atoms with E-state index in [-0.39, 0.29) is 0 Å². The van der Waals surface area contributed by atoms with Crippen LogP contribution in [-0.4, -0.2) is 12.6 Å². The molecule has 0 saturated carbocycles. The Morgan fingerprint density at radius 2 is 1.50 bits per heavy atom. The summed E-state index contributed by atoms with van der Waals surface area (Å²) in [5, 5.41) is 0. The van der Waals surface area contributed by atoms with Gasteiger partial charge in [0.1, 0.15) is 6.29 Å². The van der Waals surface area contributed by atoms with Crippen LogP contribution in [0.4, 0.5) is 0 Å². The Morgan fingerprint density at radius 1 is 0.833 bits per heavy atom. The molecule has 0 aromatic heterocycles. The van der Waals surface area contributed by atoms with Gasteiger partial charge in [-0.3, -0.25) is 9.59 Å². The fraction of sp³-hybridized carbons (Fsp3) is 0. The van der Waals surface area contributed by atoms with Crippen LogP contribution >= 0.6 is 0 Å². The Balaban J connectivity index is 2.60. The highest BCUT2D eigenvalue weighted by atomic mass is 16.1. The van der Waals surface area contributed by atoms with Crippen LogP contribution in [-0.2, 0) is 4.79 Å². The van der Waals surface area contributed by atoms with E-state index in [1.807, 2.05) is 42.5 Å². The molecule has 0 atom stereocenters. The lowest BCUT2D eigenvalue weighted by Crippen LogP contribution is -1.94. The maximum Gasteiger partial charge on any atom is 0.150 e. The number of benzene rings is 2. The number of carbonyl (C=O) groups is 2. The molecule has 0 N–H and O–H groups in total. The summed E-state index contributed by atoms with van der Waals surface area (Å²) in [5.41, 5.74) is 3.02. The van der Waals surface area contributed by atoms with Gasteiger partial charge in [-0.15, -0.1) is 0 Å². The van der Waals surface area contributed by atoms with Gasteiger partial charge in [0.25, 0.3) is 0 Å². The number of aldehydes is 2. The Kier molecular flexibility index (Phi) is 3.82. The van der Waals surface area contributed by atoms with Crippen molar-refractivity contribution in [2.75, 3.05) is 0 Å². The van der Waals surface area contributed by atoms with Gasteiger partial charge < -0.3 is 0 Å². The average molecular weight is 236 g/mol. The van der Waals surface area contributed by atoms with Gasteiger partial charge in [0.2, 0.25) is 0 Å². The topological polar surface area (TPSA) is 34.1 Å². The maximum absolute atomic E-state index is 11.1. The highest BCUT2D eigenvalue weighted by Crippen LogP contribution is 2.25. The molecule has 0 radical (unpaired) electrons. The number of carbonyl (C=O) groups excluding carboxylic acids is 2. The van der Waals surface area contributed by atoms with E-state index in [9.17, 15) is 9.59 Å². The molecule has 88 valence electrons. The zero-order valence-electron chi connectivity index (χ0n) is 9.74. The second-order valence-electron chi connectivity index (χ2n) is 3.79. The van der Waals surface area contributed by atoms with Crippen LogP contribution in [0.5, 0.6) is 0 Å². The van der Waals surface area contributed by atoms with Crippen LogP contribution in [0.2, 0.25) is 0 Å². The van der Waals surface area contributed by atoms with Crippen LogP contribution < -0.4 is 0 Å². The minimum absolute atomic E-state index is 0.578. The fourth-order valence-electron chi connectivity index (χ4n) is 1.87. The van der Waals surface area contributed by atoms with Crippen LogP contribution in [0, 0.1) is 0 Å². The lowest BCUT2D eigenvalue weighted by atomic mass is 9.94. The predicted octanol–water partition coefficient (Wildman–Crippen LogP) is 3.13. The largest absolute Gasteiger partial charge is 0.299 e. The van der Waals surface area contributed by atoms with Gasteiger partial charge in [0.15, 0.2) is 6.29 Å². The quantitative estimate of drug-likeness (QED) is 0.603. The zero-order valence-corrected chi connectivity index (χ0v) is 9.74. The lowest BCUT2D eigenvalue weighted by molar-refractivity contribution is -0.104. The number of rotatable bonds is 4. The zero-order chi connectivity index (χ0) is 12.8.